The quantitative estimate of drug-likeness (QED) is 0.476. The molecule has 0 heterocycles. The van der Waals surface area contributed by atoms with Gasteiger partial charge in [-0.25, -0.2) is 0 Å². The predicted molar refractivity (Wildman–Crippen MR) is 68.3 cm³/mol. The van der Waals surface area contributed by atoms with Crippen molar-refractivity contribution in [3.63, 3.8) is 0 Å². The van der Waals surface area contributed by atoms with Gasteiger partial charge in [-0.1, -0.05) is 25.2 Å². The molecule has 0 radical (unpaired) electrons. The first-order chi connectivity index (χ1) is 6.99. The molecular formula is C13H24N2. The molecule has 0 spiro atoms. The van der Waals surface area contributed by atoms with Crippen molar-refractivity contribution in [3.05, 3.63) is 38.0 Å². The molecule has 0 aliphatic rings. The maximum absolute atomic E-state index is 6.20. The smallest absolute Gasteiger partial charge is 0.0735 e. The fraction of sp³-hybridized carbons (Fsp3) is 0.538. The summed E-state index contributed by atoms with van der Waals surface area (Å²) in [5.74, 6) is 0. The zero-order valence-corrected chi connectivity index (χ0v) is 9.84. The third kappa shape index (κ3) is 3.05. The topological polar surface area (TPSA) is 52.0 Å². The van der Waals surface area contributed by atoms with Crippen molar-refractivity contribution in [1.29, 1.82) is 0 Å². The zero-order chi connectivity index (χ0) is 11.9. The Morgan fingerprint density at radius 2 is 1.33 bits per heavy atom. The third-order valence-electron chi connectivity index (χ3n) is 3.22. The molecule has 0 saturated heterocycles. The van der Waals surface area contributed by atoms with Crippen LogP contribution in [0.4, 0.5) is 0 Å². The highest BCUT2D eigenvalue weighted by Gasteiger charge is 2.42. The SMILES string of the molecule is C=CCC(N)(N)C(CC)(CC=C)CC=C. The lowest BCUT2D eigenvalue weighted by atomic mass is 9.67. The standard InChI is InChI=1S/C13H24N2/c1-5-9-12(8-4,10-6-2)13(14,15)11-7-3/h5-7H,1-3,8-11,14-15H2,4H3. The minimum absolute atomic E-state index is 0.162. The van der Waals surface area contributed by atoms with Gasteiger partial charge in [-0.05, 0) is 25.7 Å². The molecule has 4 N–H and O–H groups in total. The number of allylic oxidation sites excluding steroid dienone is 2. The molecule has 0 aromatic rings. The van der Waals surface area contributed by atoms with Gasteiger partial charge in [0.15, 0.2) is 0 Å². The first-order valence-electron chi connectivity index (χ1n) is 5.40. The van der Waals surface area contributed by atoms with Gasteiger partial charge in [0, 0.05) is 5.41 Å². The highest BCUT2D eigenvalue weighted by molar-refractivity contribution is 5.06. The van der Waals surface area contributed by atoms with E-state index in [4.69, 9.17) is 11.5 Å². The maximum atomic E-state index is 6.20. The monoisotopic (exact) mass is 208 g/mol. The fourth-order valence-electron chi connectivity index (χ4n) is 2.09. The van der Waals surface area contributed by atoms with Crippen LogP contribution >= 0.6 is 0 Å². The van der Waals surface area contributed by atoms with E-state index in [0.717, 1.165) is 19.3 Å². The first-order valence-corrected chi connectivity index (χ1v) is 5.40. The molecule has 15 heavy (non-hydrogen) atoms. The van der Waals surface area contributed by atoms with Crippen molar-refractivity contribution in [3.8, 4) is 0 Å². The van der Waals surface area contributed by atoms with Crippen LogP contribution in [0.1, 0.15) is 32.6 Å². The number of hydrogen-bond donors (Lipinski definition) is 2. The number of hydrogen-bond acceptors (Lipinski definition) is 2. The van der Waals surface area contributed by atoms with Crippen molar-refractivity contribution in [1.82, 2.24) is 0 Å². The second kappa shape index (κ2) is 5.89. The van der Waals surface area contributed by atoms with Crippen molar-refractivity contribution < 1.29 is 0 Å². The Hall–Kier alpha value is -0.860. The van der Waals surface area contributed by atoms with Crippen molar-refractivity contribution in [2.75, 3.05) is 0 Å². The van der Waals surface area contributed by atoms with E-state index in [9.17, 15) is 0 Å². The predicted octanol–water partition coefficient (Wildman–Crippen LogP) is 2.72. The van der Waals surface area contributed by atoms with Gasteiger partial charge in [-0.2, -0.15) is 0 Å². The van der Waals surface area contributed by atoms with Crippen LogP contribution in [-0.2, 0) is 0 Å². The molecule has 0 saturated carbocycles. The van der Waals surface area contributed by atoms with Crippen LogP contribution < -0.4 is 11.5 Å². The molecule has 0 atom stereocenters. The molecule has 0 fully saturated rings. The second-order valence-electron chi connectivity index (χ2n) is 4.15. The van der Waals surface area contributed by atoms with E-state index in [2.05, 4.69) is 26.7 Å². The number of rotatable bonds is 8. The van der Waals surface area contributed by atoms with Gasteiger partial charge in [0.2, 0.25) is 0 Å². The van der Waals surface area contributed by atoms with Gasteiger partial charge < -0.3 is 11.5 Å². The summed E-state index contributed by atoms with van der Waals surface area (Å²) in [4.78, 5) is 0. The summed E-state index contributed by atoms with van der Waals surface area (Å²) >= 11 is 0. The minimum Gasteiger partial charge on any atom is -0.313 e. The summed E-state index contributed by atoms with van der Waals surface area (Å²) in [5.41, 5.74) is 11.5. The highest BCUT2D eigenvalue weighted by Crippen LogP contribution is 2.40. The fourth-order valence-corrected chi connectivity index (χ4v) is 2.09. The molecule has 0 bridgehead atoms. The average Bonchev–Trinajstić information content (AvgIpc) is 2.17. The molecule has 0 unspecified atom stereocenters. The van der Waals surface area contributed by atoms with E-state index >= 15 is 0 Å². The molecule has 0 aromatic carbocycles. The van der Waals surface area contributed by atoms with Crippen molar-refractivity contribution >= 4 is 0 Å². The summed E-state index contributed by atoms with van der Waals surface area (Å²) in [5, 5.41) is 0. The molecule has 86 valence electrons. The molecule has 0 aromatic heterocycles. The zero-order valence-electron chi connectivity index (χ0n) is 9.84. The van der Waals surface area contributed by atoms with Gasteiger partial charge in [0.25, 0.3) is 0 Å². The molecule has 2 nitrogen and oxygen atoms in total. The van der Waals surface area contributed by atoms with Crippen molar-refractivity contribution in [2.24, 2.45) is 16.9 Å². The maximum Gasteiger partial charge on any atom is 0.0735 e. The Bertz CT molecular complexity index is 219. The van der Waals surface area contributed by atoms with E-state index in [0.29, 0.717) is 6.42 Å². The molecule has 2 heteroatoms. The number of nitrogens with two attached hydrogens (primary N) is 2. The Labute approximate surface area is 93.7 Å². The first kappa shape index (κ1) is 14.1. The molecule has 0 aliphatic heterocycles. The summed E-state index contributed by atoms with van der Waals surface area (Å²) in [6, 6.07) is 0. The third-order valence-corrected chi connectivity index (χ3v) is 3.22. The summed E-state index contributed by atoms with van der Waals surface area (Å²) in [6.45, 7) is 13.4. The Balaban J connectivity index is 5.08. The Morgan fingerprint density at radius 3 is 1.60 bits per heavy atom. The van der Waals surface area contributed by atoms with Crippen LogP contribution in [0.5, 0.6) is 0 Å². The van der Waals surface area contributed by atoms with E-state index in [1.165, 1.54) is 0 Å². The van der Waals surface area contributed by atoms with E-state index < -0.39 is 5.66 Å². The van der Waals surface area contributed by atoms with Crippen LogP contribution in [0.25, 0.3) is 0 Å². The lowest BCUT2D eigenvalue weighted by Crippen LogP contribution is -2.61. The lowest BCUT2D eigenvalue weighted by molar-refractivity contribution is 0.122. The van der Waals surface area contributed by atoms with Gasteiger partial charge in [0.1, 0.15) is 0 Å². The highest BCUT2D eigenvalue weighted by atomic mass is 15.0. The normalized spacial score (nSPS) is 12.2. The van der Waals surface area contributed by atoms with Crippen LogP contribution in [0.15, 0.2) is 38.0 Å². The van der Waals surface area contributed by atoms with Gasteiger partial charge in [-0.3, -0.25) is 0 Å². The van der Waals surface area contributed by atoms with Gasteiger partial charge in [0.05, 0.1) is 5.66 Å². The average molecular weight is 208 g/mol. The summed E-state index contributed by atoms with van der Waals surface area (Å²) < 4.78 is 0. The second-order valence-corrected chi connectivity index (χ2v) is 4.15. The molecule has 0 aliphatic carbocycles. The molecule has 0 rings (SSSR count). The van der Waals surface area contributed by atoms with E-state index in [-0.39, 0.29) is 5.41 Å². The van der Waals surface area contributed by atoms with Crippen LogP contribution in [-0.4, -0.2) is 5.66 Å². The van der Waals surface area contributed by atoms with Crippen LogP contribution in [0.2, 0.25) is 0 Å². The summed E-state index contributed by atoms with van der Waals surface area (Å²) in [7, 11) is 0. The van der Waals surface area contributed by atoms with Gasteiger partial charge >= 0.3 is 0 Å². The largest absolute Gasteiger partial charge is 0.313 e. The Kier molecular flexibility index (Phi) is 5.55. The Morgan fingerprint density at radius 1 is 0.933 bits per heavy atom. The van der Waals surface area contributed by atoms with Crippen molar-refractivity contribution in [2.45, 2.75) is 38.3 Å². The van der Waals surface area contributed by atoms with Crippen LogP contribution in [0.3, 0.4) is 0 Å². The van der Waals surface area contributed by atoms with E-state index in [1.54, 1.807) is 6.08 Å². The minimum atomic E-state index is -0.744. The lowest BCUT2D eigenvalue weighted by Gasteiger charge is -2.45. The van der Waals surface area contributed by atoms with Crippen LogP contribution in [0, 0.1) is 5.41 Å². The molecule has 0 amide bonds. The van der Waals surface area contributed by atoms with Gasteiger partial charge in [-0.15, -0.1) is 19.7 Å². The summed E-state index contributed by atoms with van der Waals surface area (Å²) in [6.07, 6.45) is 8.65. The molecular weight excluding hydrogens is 184 g/mol. The van der Waals surface area contributed by atoms with E-state index in [1.807, 2.05) is 12.2 Å².